The van der Waals surface area contributed by atoms with Crippen molar-refractivity contribution in [1.82, 2.24) is 19.5 Å². The molecule has 14 nitrogen and oxygen atoms in total. The summed E-state index contributed by atoms with van der Waals surface area (Å²) >= 11 is 0. The Balaban J connectivity index is 1.38. The number of hydrogen-bond acceptors (Lipinski definition) is 11. The summed E-state index contributed by atoms with van der Waals surface area (Å²) < 4.78 is 28.1. The highest BCUT2D eigenvalue weighted by Crippen LogP contribution is 2.48. The number of nitrogens with one attached hydrogen (secondary N) is 2. The summed E-state index contributed by atoms with van der Waals surface area (Å²) in [5, 5.41) is 26.1. The molecule has 0 amide bonds. The number of hydrogen-bond donors (Lipinski definition) is 2. The number of carboxylic acid groups (broad SMARTS) is 1. The summed E-state index contributed by atoms with van der Waals surface area (Å²) in [5.74, 6) is -1.83. The minimum atomic E-state index is -1.60. The molecule has 0 spiro atoms. The second kappa shape index (κ2) is 11.0. The Labute approximate surface area is 282 Å². The first-order valence-corrected chi connectivity index (χ1v) is 16.1. The van der Waals surface area contributed by atoms with E-state index in [0.717, 1.165) is 13.0 Å². The zero-order chi connectivity index (χ0) is 35.2. The van der Waals surface area contributed by atoms with E-state index in [9.17, 15) is 24.8 Å². The fourth-order valence-corrected chi connectivity index (χ4v) is 8.20. The number of carbonyl (C=O) groups is 1. The first-order valence-electron chi connectivity index (χ1n) is 16.1. The molecule has 0 radical (unpaired) electrons. The molecule has 0 aliphatic carbocycles. The number of likely N-dealkylation sites (tertiary alicyclic amines) is 1. The van der Waals surface area contributed by atoms with Crippen molar-refractivity contribution in [3.05, 3.63) is 80.0 Å². The van der Waals surface area contributed by atoms with Crippen molar-refractivity contribution in [3.63, 3.8) is 0 Å². The number of likely N-dealkylation sites (N-methyl/N-ethyl adjacent to an activating group) is 1. The lowest BCUT2D eigenvalue weighted by atomic mass is 9.98. The third kappa shape index (κ3) is 4.59. The van der Waals surface area contributed by atoms with Crippen molar-refractivity contribution in [3.8, 4) is 17.2 Å². The summed E-state index contributed by atoms with van der Waals surface area (Å²) in [6.07, 6.45) is 5.28. The lowest BCUT2D eigenvalue weighted by Crippen LogP contribution is -2.45. The first-order chi connectivity index (χ1) is 23.9. The molecule has 2 aliphatic rings. The number of pyridine rings is 3. The molecule has 1 aromatic carbocycles. The third-order valence-electron chi connectivity index (χ3n) is 10.4. The highest BCUT2D eigenvalue weighted by Gasteiger charge is 2.50. The van der Waals surface area contributed by atoms with Gasteiger partial charge in [-0.1, -0.05) is 0 Å². The van der Waals surface area contributed by atoms with Crippen molar-refractivity contribution in [1.29, 1.82) is 5.26 Å². The van der Waals surface area contributed by atoms with E-state index in [-0.39, 0.29) is 28.6 Å². The van der Waals surface area contributed by atoms with Gasteiger partial charge in [-0.05, 0) is 19.4 Å². The van der Waals surface area contributed by atoms with Gasteiger partial charge in [0.2, 0.25) is 5.76 Å². The van der Waals surface area contributed by atoms with Crippen LogP contribution in [0.25, 0.3) is 44.1 Å². The number of aromatic amines is 1. The zero-order valence-corrected chi connectivity index (χ0v) is 27.6. The maximum atomic E-state index is 15.6. The van der Waals surface area contributed by atoms with Gasteiger partial charge in [0.15, 0.2) is 11.2 Å². The van der Waals surface area contributed by atoms with Gasteiger partial charge in [-0.25, -0.2) is 19.2 Å². The summed E-state index contributed by atoms with van der Waals surface area (Å²) in [5.41, 5.74) is 2.09. The molecule has 5 aromatic heterocycles. The number of aromatic carboxylic acids is 1. The second-order valence-corrected chi connectivity index (χ2v) is 13.5. The lowest BCUT2D eigenvalue weighted by Gasteiger charge is -2.33. The Hall–Kier alpha value is -6.01. The molecule has 0 saturated carbocycles. The summed E-state index contributed by atoms with van der Waals surface area (Å²) in [6.45, 7) is 4.28. The van der Waals surface area contributed by atoms with E-state index in [1.165, 1.54) is 16.8 Å². The fourth-order valence-electron chi connectivity index (χ4n) is 8.20. The molecule has 0 bridgehead atoms. The number of halogens is 1. The van der Waals surface area contributed by atoms with Crippen LogP contribution in [0.2, 0.25) is 0 Å². The second-order valence-electron chi connectivity index (χ2n) is 13.5. The summed E-state index contributed by atoms with van der Waals surface area (Å²) in [4.78, 5) is 51.9. The van der Waals surface area contributed by atoms with Gasteiger partial charge in [0.05, 0.1) is 70.9 Å². The van der Waals surface area contributed by atoms with Crippen molar-refractivity contribution >= 4 is 50.3 Å². The van der Waals surface area contributed by atoms with Gasteiger partial charge in [0.1, 0.15) is 29.7 Å². The Bertz CT molecular complexity index is 2600. The Kier molecular flexibility index (Phi) is 6.88. The van der Waals surface area contributed by atoms with E-state index >= 15 is 4.39 Å². The predicted octanol–water partition coefficient (Wildman–Crippen LogP) is 2.76. The highest BCUT2D eigenvalue weighted by molar-refractivity contribution is 6.20. The van der Waals surface area contributed by atoms with Crippen molar-refractivity contribution in [2.75, 3.05) is 43.9 Å². The van der Waals surface area contributed by atoms with Crippen LogP contribution in [0.3, 0.4) is 0 Å². The van der Waals surface area contributed by atoms with Gasteiger partial charge >= 0.3 is 5.82 Å². The molecular weight excluding hydrogens is 647 g/mol. The number of carbonyl (C=O) groups excluding carboxylic acids is 1. The molecule has 2 N–H and O–H groups in total. The molecule has 8 rings (SSSR count). The molecule has 2 aliphatic heterocycles. The number of aromatic nitrogens is 4. The first kappa shape index (κ1) is 31.3. The molecule has 254 valence electrons. The SMILES string of the molecule is CNc1cc(F)c(C#N)c2c1[nH]c1ncc(-c3cnc4c(c3)c(=O)c(C(=O)[O-])cn4C)c(N3CC[C@H]4C[N+](C)(Cc5oc(=O)oc5C)C[C@H]43)c12. The van der Waals surface area contributed by atoms with Gasteiger partial charge in [0, 0.05) is 67.7 Å². The van der Waals surface area contributed by atoms with Crippen LogP contribution in [-0.2, 0) is 13.6 Å². The number of carboxylic acids is 1. The van der Waals surface area contributed by atoms with Gasteiger partial charge in [-0.2, -0.15) is 5.26 Å². The fraction of sp³-hybridized carbons (Fsp3) is 0.314. The molecule has 50 heavy (non-hydrogen) atoms. The quantitative estimate of drug-likeness (QED) is 0.247. The normalized spacial score (nSPS) is 20.2. The maximum absolute atomic E-state index is 15.6. The van der Waals surface area contributed by atoms with E-state index in [1.807, 2.05) is 0 Å². The lowest BCUT2D eigenvalue weighted by molar-refractivity contribution is -0.913. The van der Waals surface area contributed by atoms with Crippen LogP contribution < -0.4 is 26.6 Å². The maximum Gasteiger partial charge on any atom is 0.519 e. The number of nitrogens with zero attached hydrogens (tertiary/aromatic N) is 6. The molecule has 2 saturated heterocycles. The molecule has 15 heteroatoms. The number of rotatable bonds is 6. The zero-order valence-electron chi connectivity index (χ0n) is 27.6. The minimum absolute atomic E-state index is 0.0120. The van der Waals surface area contributed by atoms with Crippen LogP contribution in [-0.4, -0.2) is 69.7 Å². The molecule has 1 unspecified atom stereocenters. The number of nitriles is 1. The number of H-pyrrole nitrogens is 1. The molecule has 6 aromatic rings. The largest absolute Gasteiger partial charge is 0.545 e. The van der Waals surface area contributed by atoms with Crippen LogP contribution in [0, 0.1) is 30.0 Å². The average Bonchev–Trinajstić information content (AvgIpc) is 3.82. The number of fused-ring (bicyclic) bond motifs is 5. The molecule has 2 fully saturated rings. The van der Waals surface area contributed by atoms with E-state index in [4.69, 9.17) is 13.8 Å². The molecular formula is C35H31FN8O6. The highest BCUT2D eigenvalue weighted by atomic mass is 19.1. The standard InChI is InChI=1S/C35H31FN8O6/c1-16-26(50-35(48)49-16)15-44(4)13-17-5-6-43(25(17)14-44)30-21(18-7-19-31(45)22(34(46)47)12-42(3)33(19)40-10-18)11-39-32-28(30)27-20(9-37)23(36)8-24(38-2)29(27)41-32/h7-8,10-12,17,25,38H,5-6,13-15H2,1-4H3,(H-,39,41,46,47)/t17-,25+,44?/m0/s1. The smallest absolute Gasteiger partial charge is 0.519 e. The van der Waals surface area contributed by atoms with Crippen LogP contribution >= 0.6 is 0 Å². The Morgan fingerprint density at radius 1 is 1.22 bits per heavy atom. The van der Waals surface area contributed by atoms with E-state index in [2.05, 4.69) is 33.3 Å². The van der Waals surface area contributed by atoms with E-state index in [1.54, 1.807) is 39.5 Å². The predicted molar refractivity (Wildman–Crippen MR) is 179 cm³/mol. The molecule has 3 atom stereocenters. The van der Waals surface area contributed by atoms with Crippen molar-refractivity contribution in [2.24, 2.45) is 13.0 Å². The van der Waals surface area contributed by atoms with Crippen LogP contribution in [0.15, 0.2) is 49.1 Å². The number of anilines is 2. The van der Waals surface area contributed by atoms with Gasteiger partial charge in [-0.15, -0.1) is 0 Å². The average molecular weight is 679 g/mol. The monoisotopic (exact) mass is 678 g/mol. The van der Waals surface area contributed by atoms with Gasteiger partial charge in [-0.3, -0.25) is 4.79 Å². The third-order valence-corrected chi connectivity index (χ3v) is 10.4. The topological polar surface area (TPSA) is 186 Å². The number of aryl methyl sites for hydroxylation is 2. The summed E-state index contributed by atoms with van der Waals surface area (Å²) in [6, 6.07) is 4.91. The van der Waals surface area contributed by atoms with Crippen LogP contribution in [0.5, 0.6) is 0 Å². The van der Waals surface area contributed by atoms with Crippen molar-refractivity contribution in [2.45, 2.75) is 25.9 Å². The van der Waals surface area contributed by atoms with Gasteiger partial charge in [0.25, 0.3) is 0 Å². The minimum Gasteiger partial charge on any atom is -0.545 e. The number of quaternary nitrogens is 1. The summed E-state index contributed by atoms with van der Waals surface area (Å²) in [7, 11) is 5.37. The van der Waals surface area contributed by atoms with E-state index in [0.29, 0.717) is 80.1 Å². The van der Waals surface area contributed by atoms with Crippen molar-refractivity contribution < 1.29 is 27.6 Å². The van der Waals surface area contributed by atoms with Crippen LogP contribution in [0.4, 0.5) is 15.8 Å². The van der Waals surface area contributed by atoms with Crippen LogP contribution in [0.1, 0.15) is 33.9 Å². The van der Waals surface area contributed by atoms with Gasteiger partial charge < -0.3 is 43.0 Å². The number of benzene rings is 1. The van der Waals surface area contributed by atoms with E-state index < -0.39 is 28.6 Å². The Morgan fingerprint density at radius 3 is 2.72 bits per heavy atom. The Morgan fingerprint density at radius 2 is 2.02 bits per heavy atom. The molecule has 7 heterocycles.